The maximum Gasteiger partial charge on any atom is 0.335 e. The van der Waals surface area contributed by atoms with Gasteiger partial charge in [-0.3, -0.25) is 0 Å². The van der Waals surface area contributed by atoms with Crippen molar-refractivity contribution in [2.24, 2.45) is 5.10 Å². The second-order valence-corrected chi connectivity index (χ2v) is 6.68. The van der Waals surface area contributed by atoms with Gasteiger partial charge in [-0.05, 0) is 43.2 Å². The number of nitrogens with zero attached hydrogens (tertiary/aromatic N) is 1. The van der Waals surface area contributed by atoms with Crippen LogP contribution >= 0.6 is 0 Å². The number of aryl methyl sites for hydroxylation is 2. The lowest BCUT2D eigenvalue weighted by Gasteiger charge is -2.07. The van der Waals surface area contributed by atoms with Crippen LogP contribution in [0.25, 0.3) is 0 Å². The van der Waals surface area contributed by atoms with Crippen molar-refractivity contribution < 1.29 is 18.3 Å². The summed E-state index contributed by atoms with van der Waals surface area (Å²) in [6.07, 6.45) is 1.31. The maximum atomic E-state index is 12.2. The predicted molar refractivity (Wildman–Crippen MR) is 87.2 cm³/mol. The van der Waals surface area contributed by atoms with E-state index < -0.39 is 16.0 Å². The fraction of sp³-hybridized carbons (Fsp3) is 0.125. The monoisotopic (exact) mass is 332 g/mol. The Kier molecular flexibility index (Phi) is 4.80. The minimum atomic E-state index is -3.74. The topological polar surface area (TPSA) is 95.8 Å². The molecule has 0 aliphatic rings. The lowest BCUT2D eigenvalue weighted by Crippen LogP contribution is -2.19. The van der Waals surface area contributed by atoms with Crippen LogP contribution in [-0.4, -0.2) is 25.7 Å². The number of carboxylic acid groups (broad SMARTS) is 1. The number of hydrogen-bond donors (Lipinski definition) is 2. The molecule has 0 atom stereocenters. The fourth-order valence-electron chi connectivity index (χ4n) is 2.03. The Balaban J connectivity index is 2.13. The van der Waals surface area contributed by atoms with Crippen molar-refractivity contribution in [3.8, 4) is 0 Å². The van der Waals surface area contributed by atoms with E-state index in [4.69, 9.17) is 5.11 Å². The first-order valence-electron chi connectivity index (χ1n) is 6.75. The molecule has 0 saturated carbocycles. The third-order valence-electron chi connectivity index (χ3n) is 3.16. The maximum absolute atomic E-state index is 12.2. The second-order valence-electron chi connectivity index (χ2n) is 5.05. The van der Waals surface area contributed by atoms with Gasteiger partial charge < -0.3 is 5.11 Å². The lowest BCUT2D eigenvalue weighted by molar-refractivity contribution is 0.0697. The number of carboxylic acids is 1. The van der Waals surface area contributed by atoms with Crippen molar-refractivity contribution in [3.05, 3.63) is 64.7 Å². The van der Waals surface area contributed by atoms with Crippen LogP contribution in [-0.2, 0) is 10.0 Å². The summed E-state index contributed by atoms with van der Waals surface area (Å²) >= 11 is 0. The first kappa shape index (κ1) is 16.7. The summed E-state index contributed by atoms with van der Waals surface area (Å²) < 4.78 is 24.4. The molecule has 2 aromatic carbocycles. The normalized spacial score (nSPS) is 11.6. The van der Waals surface area contributed by atoms with Crippen LogP contribution in [0.4, 0.5) is 0 Å². The molecule has 0 aliphatic heterocycles. The van der Waals surface area contributed by atoms with Gasteiger partial charge in [0.2, 0.25) is 0 Å². The van der Waals surface area contributed by atoms with E-state index in [1.807, 2.05) is 6.92 Å². The second kappa shape index (κ2) is 6.62. The number of hydrogen-bond acceptors (Lipinski definition) is 4. The molecule has 0 bridgehead atoms. The smallest absolute Gasteiger partial charge is 0.335 e. The molecule has 2 aromatic rings. The highest BCUT2D eigenvalue weighted by Gasteiger charge is 2.15. The highest BCUT2D eigenvalue weighted by molar-refractivity contribution is 7.89. The molecule has 120 valence electrons. The molecule has 2 rings (SSSR count). The molecule has 0 fully saturated rings. The van der Waals surface area contributed by atoms with Gasteiger partial charge >= 0.3 is 5.97 Å². The number of nitrogens with one attached hydrogen (secondary N) is 1. The molecule has 23 heavy (non-hydrogen) atoms. The van der Waals surface area contributed by atoms with Gasteiger partial charge in [0.05, 0.1) is 16.7 Å². The summed E-state index contributed by atoms with van der Waals surface area (Å²) in [5, 5.41) is 12.5. The van der Waals surface area contributed by atoms with E-state index in [1.54, 1.807) is 31.2 Å². The summed E-state index contributed by atoms with van der Waals surface area (Å²) in [6.45, 7) is 3.60. The van der Waals surface area contributed by atoms with Crippen molar-refractivity contribution in [2.75, 3.05) is 0 Å². The fourth-order valence-corrected chi connectivity index (χ4v) is 3.05. The molecule has 0 spiro atoms. The quantitative estimate of drug-likeness (QED) is 0.649. The predicted octanol–water partition coefficient (Wildman–Crippen LogP) is 2.31. The van der Waals surface area contributed by atoms with Gasteiger partial charge in [-0.1, -0.05) is 29.8 Å². The molecule has 0 saturated heterocycles. The van der Waals surface area contributed by atoms with E-state index in [2.05, 4.69) is 9.93 Å². The Labute approximate surface area is 134 Å². The van der Waals surface area contributed by atoms with Gasteiger partial charge in [0, 0.05) is 0 Å². The summed E-state index contributed by atoms with van der Waals surface area (Å²) in [6, 6.07) is 10.9. The molecule has 7 heteroatoms. The zero-order valence-electron chi connectivity index (χ0n) is 12.6. The number of benzene rings is 2. The van der Waals surface area contributed by atoms with E-state index in [0.717, 1.165) is 5.56 Å². The van der Waals surface area contributed by atoms with Crippen molar-refractivity contribution in [1.29, 1.82) is 0 Å². The van der Waals surface area contributed by atoms with Crippen LogP contribution in [0.2, 0.25) is 0 Å². The van der Waals surface area contributed by atoms with Crippen molar-refractivity contribution >= 4 is 22.2 Å². The summed E-state index contributed by atoms with van der Waals surface area (Å²) in [4.78, 5) is 13.1. The Hall–Kier alpha value is -2.67. The third-order valence-corrected chi connectivity index (χ3v) is 4.55. The molecule has 0 aliphatic carbocycles. The average molecular weight is 332 g/mol. The van der Waals surface area contributed by atoms with Crippen molar-refractivity contribution in [2.45, 2.75) is 18.7 Å². The summed E-state index contributed by atoms with van der Waals surface area (Å²) in [5.41, 5.74) is 2.35. The number of sulfonamides is 1. The Morgan fingerprint density at radius 2 is 1.78 bits per heavy atom. The Morgan fingerprint density at radius 3 is 2.35 bits per heavy atom. The van der Waals surface area contributed by atoms with E-state index in [9.17, 15) is 13.2 Å². The van der Waals surface area contributed by atoms with Crippen molar-refractivity contribution in [3.63, 3.8) is 0 Å². The molecule has 0 amide bonds. The molecule has 0 heterocycles. The largest absolute Gasteiger partial charge is 0.478 e. The van der Waals surface area contributed by atoms with Gasteiger partial charge in [-0.25, -0.2) is 9.63 Å². The van der Waals surface area contributed by atoms with Crippen molar-refractivity contribution in [1.82, 2.24) is 4.83 Å². The van der Waals surface area contributed by atoms with Crippen LogP contribution in [0.5, 0.6) is 0 Å². The van der Waals surface area contributed by atoms with Gasteiger partial charge in [0.1, 0.15) is 0 Å². The minimum Gasteiger partial charge on any atom is -0.478 e. The van der Waals surface area contributed by atoms with Gasteiger partial charge in [-0.2, -0.15) is 13.5 Å². The lowest BCUT2D eigenvalue weighted by atomic mass is 10.1. The van der Waals surface area contributed by atoms with Gasteiger partial charge in [0.15, 0.2) is 0 Å². The first-order valence-corrected chi connectivity index (χ1v) is 8.23. The van der Waals surface area contributed by atoms with Crippen LogP contribution < -0.4 is 4.83 Å². The molecule has 0 aromatic heterocycles. The molecule has 6 nitrogen and oxygen atoms in total. The first-order chi connectivity index (χ1) is 10.8. The summed E-state index contributed by atoms with van der Waals surface area (Å²) in [7, 11) is -3.74. The molecule has 0 radical (unpaired) electrons. The highest BCUT2D eigenvalue weighted by atomic mass is 32.2. The Bertz CT molecular complexity index is 856. The van der Waals surface area contributed by atoms with Crippen LogP contribution in [0.1, 0.15) is 27.0 Å². The molecule has 0 unspecified atom stereocenters. The zero-order chi connectivity index (χ0) is 17.0. The van der Waals surface area contributed by atoms with E-state index in [0.29, 0.717) is 11.1 Å². The number of aromatic carboxylic acids is 1. The molecular weight excluding hydrogens is 316 g/mol. The van der Waals surface area contributed by atoms with E-state index in [-0.39, 0.29) is 10.5 Å². The highest BCUT2D eigenvalue weighted by Crippen LogP contribution is 2.16. The number of carbonyl (C=O) groups is 1. The van der Waals surface area contributed by atoms with E-state index >= 15 is 0 Å². The van der Waals surface area contributed by atoms with Crippen LogP contribution in [0.3, 0.4) is 0 Å². The SMILES string of the molecule is Cc1ccc(S(=O)(=O)N/N=C/c2ccc(C(=O)O)cc2)c(C)c1. The Morgan fingerprint density at radius 1 is 1.13 bits per heavy atom. The number of hydrazone groups is 1. The van der Waals surface area contributed by atoms with Crippen LogP contribution in [0, 0.1) is 13.8 Å². The van der Waals surface area contributed by atoms with Crippen LogP contribution in [0.15, 0.2) is 52.5 Å². The van der Waals surface area contributed by atoms with E-state index in [1.165, 1.54) is 24.4 Å². The minimum absolute atomic E-state index is 0.151. The van der Waals surface area contributed by atoms with Gasteiger partial charge in [-0.15, -0.1) is 0 Å². The third kappa shape index (κ3) is 4.17. The van der Waals surface area contributed by atoms with Gasteiger partial charge in [0.25, 0.3) is 10.0 Å². The number of rotatable bonds is 5. The standard InChI is InChI=1S/C16H16N2O4S/c1-11-3-8-15(12(2)9-11)23(21,22)18-17-10-13-4-6-14(7-5-13)16(19)20/h3-10,18H,1-2H3,(H,19,20)/b17-10+. The summed E-state index contributed by atoms with van der Waals surface area (Å²) in [5.74, 6) is -1.02. The average Bonchev–Trinajstić information content (AvgIpc) is 2.47. The molecule has 2 N–H and O–H groups in total. The molecular formula is C16H16N2O4S. The zero-order valence-corrected chi connectivity index (χ0v) is 13.5.